The fourth-order valence-electron chi connectivity index (χ4n) is 1.85. The van der Waals surface area contributed by atoms with E-state index in [2.05, 4.69) is 27.6 Å². The molecule has 2 rings (SSSR count). The van der Waals surface area contributed by atoms with Gasteiger partial charge in [0.05, 0.1) is 0 Å². The lowest BCUT2D eigenvalue weighted by Gasteiger charge is -2.17. The molecule has 0 fully saturated rings. The van der Waals surface area contributed by atoms with E-state index in [1.165, 1.54) is 19.3 Å². The molecule has 0 saturated heterocycles. The van der Waals surface area contributed by atoms with Crippen molar-refractivity contribution in [1.82, 2.24) is 20.1 Å². The van der Waals surface area contributed by atoms with E-state index in [0.29, 0.717) is 6.04 Å². The van der Waals surface area contributed by atoms with Crippen molar-refractivity contribution < 1.29 is 0 Å². The molecular weight excluding hydrogens is 188 g/mol. The van der Waals surface area contributed by atoms with E-state index in [-0.39, 0.29) is 0 Å². The fourth-order valence-corrected chi connectivity index (χ4v) is 1.85. The van der Waals surface area contributed by atoms with Gasteiger partial charge in [0.2, 0.25) is 0 Å². The van der Waals surface area contributed by atoms with Crippen LogP contribution in [0.25, 0.3) is 0 Å². The van der Waals surface area contributed by atoms with Gasteiger partial charge in [-0.3, -0.25) is 4.68 Å². The van der Waals surface area contributed by atoms with Crippen LogP contribution in [0.5, 0.6) is 0 Å². The highest BCUT2D eigenvalue weighted by atomic mass is 15.3. The number of hydrogen-bond acceptors (Lipinski definition) is 3. The first-order valence-corrected chi connectivity index (χ1v) is 5.59. The number of hydrogen-bond donors (Lipinski definition) is 1. The summed E-state index contributed by atoms with van der Waals surface area (Å²) >= 11 is 0. The quantitative estimate of drug-likeness (QED) is 0.749. The summed E-state index contributed by atoms with van der Waals surface area (Å²) in [6, 6.07) is 0.558. The molecule has 15 heavy (non-hydrogen) atoms. The number of aryl methyl sites for hydroxylation is 1. The monoisotopic (exact) mass is 206 g/mol. The third-order valence-corrected chi connectivity index (χ3v) is 2.66. The molecule has 1 aromatic heterocycles. The van der Waals surface area contributed by atoms with Crippen LogP contribution in [0, 0.1) is 0 Å². The predicted octanol–water partition coefficient (Wildman–Crippen LogP) is 1.06. The Hall–Kier alpha value is -1.16. The Balaban J connectivity index is 1.70. The van der Waals surface area contributed by atoms with Gasteiger partial charge < -0.3 is 5.32 Å². The van der Waals surface area contributed by atoms with E-state index < -0.39 is 0 Å². The predicted molar refractivity (Wildman–Crippen MR) is 59.5 cm³/mol. The lowest BCUT2D eigenvalue weighted by atomic mass is 10.0. The Bertz CT molecular complexity index is 329. The van der Waals surface area contributed by atoms with E-state index in [4.69, 9.17) is 0 Å². The van der Waals surface area contributed by atoms with Crippen LogP contribution in [0.1, 0.15) is 25.1 Å². The molecule has 0 aromatic carbocycles. The molecule has 1 aliphatic rings. The maximum atomic E-state index is 4.24. The molecule has 82 valence electrons. The van der Waals surface area contributed by atoms with Gasteiger partial charge in [-0.1, -0.05) is 12.2 Å². The van der Waals surface area contributed by atoms with Crippen molar-refractivity contribution in [2.45, 2.75) is 31.7 Å². The van der Waals surface area contributed by atoms with Crippen LogP contribution in [0.15, 0.2) is 18.5 Å². The smallest absolute Gasteiger partial charge is 0.151 e. The summed E-state index contributed by atoms with van der Waals surface area (Å²) in [6.07, 6.45) is 11.0. The summed E-state index contributed by atoms with van der Waals surface area (Å²) in [7, 11) is 1.90. The second kappa shape index (κ2) is 5.07. The SMILES string of the molecule is Cn1cnc(CCNC2C=CCCC2)n1. The molecule has 0 saturated carbocycles. The number of aromatic nitrogens is 3. The van der Waals surface area contributed by atoms with Gasteiger partial charge in [-0.05, 0) is 19.3 Å². The molecule has 0 aliphatic heterocycles. The average Bonchev–Trinajstić information content (AvgIpc) is 2.66. The van der Waals surface area contributed by atoms with E-state index in [1.807, 2.05) is 7.05 Å². The standard InChI is InChI=1S/C11H18N4/c1-15-9-13-11(14-15)7-8-12-10-5-3-2-4-6-10/h3,5,9-10,12H,2,4,6-8H2,1H3. The highest BCUT2D eigenvalue weighted by molar-refractivity contribution is 4.97. The van der Waals surface area contributed by atoms with E-state index in [1.54, 1.807) is 11.0 Å². The zero-order chi connectivity index (χ0) is 10.5. The van der Waals surface area contributed by atoms with Crippen LogP contribution in [-0.4, -0.2) is 27.4 Å². The molecule has 0 amide bonds. The van der Waals surface area contributed by atoms with Crippen LogP contribution in [0.4, 0.5) is 0 Å². The lowest BCUT2D eigenvalue weighted by molar-refractivity contribution is 0.521. The topological polar surface area (TPSA) is 42.7 Å². The minimum atomic E-state index is 0.558. The van der Waals surface area contributed by atoms with Crippen molar-refractivity contribution in [3.8, 4) is 0 Å². The second-order valence-corrected chi connectivity index (χ2v) is 4.00. The summed E-state index contributed by atoms with van der Waals surface area (Å²) in [6.45, 7) is 0.957. The van der Waals surface area contributed by atoms with Gasteiger partial charge in [-0.15, -0.1) is 0 Å². The molecule has 1 N–H and O–H groups in total. The van der Waals surface area contributed by atoms with Gasteiger partial charge in [-0.25, -0.2) is 4.98 Å². The summed E-state index contributed by atoms with van der Waals surface area (Å²) in [5.41, 5.74) is 0. The Labute approximate surface area is 90.4 Å². The summed E-state index contributed by atoms with van der Waals surface area (Å²) in [5.74, 6) is 0.921. The third kappa shape index (κ3) is 3.16. The molecule has 0 spiro atoms. The van der Waals surface area contributed by atoms with Crippen LogP contribution in [-0.2, 0) is 13.5 Å². The molecule has 1 heterocycles. The summed E-state index contributed by atoms with van der Waals surface area (Å²) < 4.78 is 1.75. The van der Waals surface area contributed by atoms with Gasteiger partial charge >= 0.3 is 0 Å². The normalized spacial score (nSPS) is 20.7. The minimum absolute atomic E-state index is 0.558. The highest BCUT2D eigenvalue weighted by Crippen LogP contribution is 2.09. The van der Waals surface area contributed by atoms with Crippen LogP contribution in [0.3, 0.4) is 0 Å². The number of rotatable bonds is 4. The zero-order valence-electron chi connectivity index (χ0n) is 9.19. The minimum Gasteiger partial charge on any atom is -0.310 e. The highest BCUT2D eigenvalue weighted by Gasteiger charge is 2.07. The second-order valence-electron chi connectivity index (χ2n) is 4.00. The summed E-state index contributed by atoms with van der Waals surface area (Å²) in [4.78, 5) is 4.19. The van der Waals surface area contributed by atoms with Gasteiger partial charge in [0.1, 0.15) is 6.33 Å². The molecular formula is C11H18N4. The maximum absolute atomic E-state index is 4.24. The molecule has 0 radical (unpaired) electrons. The number of nitrogens with zero attached hydrogens (tertiary/aromatic N) is 3. The number of allylic oxidation sites excluding steroid dienone is 1. The molecule has 4 heteroatoms. The fraction of sp³-hybridized carbons (Fsp3) is 0.636. The maximum Gasteiger partial charge on any atom is 0.151 e. The molecule has 4 nitrogen and oxygen atoms in total. The first kappa shape index (κ1) is 10.4. The first-order chi connectivity index (χ1) is 7.34. The van der Waals surface area contributed by atoms with Gasteiger partial charge in [-0.2, -0.15) is 5.10 Å². The summed E-state index contributed by atoms with van der Waals surface area (Å²) in [5, 5.41) is 7.74. The van der Waals surface area contributed by atoms with Crippen molar-refractivity contribution in [3.63, 3.8) is 0 Å². The van der Waals surface area contributed by atoms with Gasteiger partial charge in [0.15, 0.2) is 5.82 Å². The van der Waals surface area contributed by atoms with Crippen LogP contribution in [0.2, 0.25) is 0 Å². The van der Waals surface area contributed by atoms with E-state index in [0.717, 1.165) is 18.8 Å². The van der Waals surface area contributed by atoms with Crippen molar-refractivity contribution in [1.29, 1.82) is 0 Å². The molecule has 1 aliphatic carbocycles. The lowest BCUT2D eigenvalue weighted by Crippen LogP contribution is -2.30. The molecule has 0 bridgehead atoms. The van der Waals surface area contributed by atoms with E-state index in [9.17, 15) is 0 Å². The zero-order valence-corrected chi connectivity index (χ0v) is 9.19. The third-order valence-electron chi connectivity index (χ3n) is 2.66. The van der Waals surface area contributed by atoms with Crippen LogP contribution >= 0.6 is 0 Å². The van der Waals surface area contributed by atoms with Crippen molar-refractivity contribution in [2.24, 2.45) is 7.05 Å². The van der Waals surface area contributed by atoms with Crippen LogP contribution < -0.4 is 5.32 Å². The van der Waals surface area contributed by atoms with Gasteiger partial charge in [0, 0.05) is 26.1 Å². The largest absolute Gasteiger partial charge is 0.310 e. The molecule has 1 unspecified atom stereocenters. The Kier molecular flexibility index (Phi) is 3.50. The molecule has 1 aromatic rings. The first-order valence-electron chi connectivity index (χ1n) is 5.59. The van der Waals surface area contributed by atoms with E-state index >= 15 is 0 Å². The Morgan fingerprint density at radius 3 is 3.20 bits per heavy atom. The average molecular weight is 206 g/mol. The van der Waals surface area contributed by atoms with Crippen molar-refractivity contribution in [3.05, 3.63) is 24.3 Å². The van der Waals surface area contributed by atoms with Crippen molar-refractivity contribution >= 4 is 0 Å². The Morgan fingerprint density at radius 2 is 2.53 bits per heavy atom. The Morgan fingerprint density at radius 1 is 1.60 bits per heavy atom. The van der Waals surface area contributed by atoms with Gasteiger partial charge in [0.25, 0.3) is 0 Å². The number of nitrogens with one attached hydrogen (secondary N) is 1. The van der Waals surface area contributed by atoms with Crippen molar-refractivity contribution in [2.75, 3.05) is 6.54 Å². The molecule has 1 atom stereocenters.